The van der Waals surface area contributed by atoms with Crippen LogP contribution in [0.5, 0.6) is 23.0 Å². The summed E-state index contributed by atoms with van der Waals surface area (Å²) in [5, 5.41) is 2.26. The van der Waals surface area contributed by atoms with Gasteiger partial charge in [-0.2, -0.15) is 0 Å². The van der Waals surface area contributed by atoms with Gasteiger partial charge >= 0.3 is 0 Å². The number of hydrogen-bond donors (Lipinski definition) is 0. The van der Waals surface area contributed by atoms with E-state index in [0.717, 1.165) is 80.0 Å². The van der Waals surface area contributed by atoms with E-state index in [2.05, 4.69) is 169 Å². The summed E-state index contributed by atoms with van der Waals surface area (Å²) in [5.74, 6) is 2.87. The lowest BCUT2D eigenvalue weighted by molar-refractivity contribution is 0.359. The monoisotopic (exact) mass is 757 g/mol. The average Bonchev–Trinajstić information content (AvgIpc) is 3.93. The van der Waals surface area contributed by atoms with Gasteiger partial charge in [-0.05, 0) is 124 Å². The molecule has 0 saturated heterocycles. The van der Waals surface area contributed by atoms with Crippen molar-refractivity contribution in [3.63, 3.8) is 0 Å². The van der Waals surface area contributed by atoms with Crippen molar-refractivity contribution in [3.8, 4) is 45.3 Å². The number of benzene rings is 8. The number of rotatable bonds is 4. The molecule has 0 amide bonds. The Morgan fingerprint density at radius 2 is 1.17 bits per heavy atom. The maximum atomic E-state index is 7.12. The number of fused-ring (bicyclic) bond motifs is 15. The van der Waals surface area contributed by atoms with Crippen molar-refractivity contribution in [2.45, 2.75) is 18.3 Å². The maximum absolute atomic E-state index is 7.12. The molecule has 1 spiro atoms. The molecular weight excluding hydrogens is 723 g/mol. The van der Waals surface area contributed by atoms with Crippen molar-refractivity contribution in [1.29, 1.82) is 0 Å². The Hall–Kier alpha value is -7.56. The summed E-state index contributed by atoms with van der Waals surface area (Å²) >= 11 is 0. The molecule has 0 fully saturated rings. The van der Waals surface area contributed by atoms with Crippen molar-refractivity contribution in [2.24, 2.45) is 0 Å². The normalized spacial score (nSPS) is 14.9. The summed E-state index contributed by atoms with van der Waals surface area (Å²) < 4.78 is 20.4. The number of ether oxygens (including phenoxy) is 2. The van der Waals surface area contributed by atoms with Gasteiger partial charge < -0.3 is 18.8 Å². The zero-order chi connectivity index (χ0) is 38.7. The molecule has 0 atom stereocenters. The van der Waals surface area contributed by atoms with E-state index in [1.165, 1.54) is 39.0 Å². The van der Waals surface area contributed by atoms with Gasteiger partial charge in [0.15, 0.2) is 23.0 Å². The lowest BCUT2D eigenvalue weighted by Crippen LogP contribution is -2.27. The van der Waals surface area contributed by atoms with E-state index in [-0.39, 0.29) is 5.41 Å². The molecule has 13 rings (SSSR count). The molecule has 0 N–H and O–H groups in total. The molecule has 0 saturated carbocycles. The van der Waals surface area contributed by atoms with Gasteiger partial charge in [0.2, 0.25) is 0 Å². The first-order valence-electron chi connectivity index (χ1n) is 20.4. The highest BCUT2D eigenvalue weighted by atomic mass is 16.6. The van der Waals surface area contributed by atoms with Crippen LogP contribution in [-0.2, 0) is 5.41 Å². The minimum absolute atomic E-state index is 0.378. The first-order valence-corrected chi connectivity index (χ1v) is 20.4. The van der Waals surface area contributed by atoms with Crippen LogP contribution in [0.25, 0.3) is 49.8 Å². The molecule has 4 nitrogen and oxygen atoms in total. The van der Waals surface area contributed by atoms with Crippen LogP contribution in [0.2, 0.25) is 0 Å². The second-order valence-corrected chi connectivity index (χ2v) is 15.8. The molecule has 2 heterocycles. The quantitative estimate of drug-likeness (QED) is 0.179. The minimum Gasteiger partial charge on any atom is -0.456 e. The van der Waals surface area contributed by atoms with Crippen molar-refractivity contribution in [2.75, 3.05) is 4.90 Å². The van der Waals surface area contributed by atoms with E-state index in [0.29, 0.717) is 11.5 Å². The van der Waals surface area contributed by atoms with Crippen molar-refractivity contribution in [3.05, 3.63) is 216 Å². The zero-order valence-electron chi connectivity index (χ0n) is 32.0. The highest BCUT2D eigenvalue weighted by Gasteiger charge is 2.54. The molecule has 59 heavy (non-hydrogen) atoms. The summed E-state index contributed by atoms with van der Waals surface area (Å²) in [6.07, 6.45) is 6.63. The molecule has 278 valence electrons. The van der Waals surface area contributed by atoms with E-state index >= 15 is 0 Å². The second kappa shape index (κ2) is 12.2. The fraction of sp³-hybridized carbons (Fsp3) is 0.0545. The average molecular weight is 758 g/mol. The number of para-hydroxylation sites is 3. The molecular formula is C55H35NO3. The molecule has 0 bridgehead atoms. The second-order valence-electron chi connectivity index (χ2n) is 15.8. The van der Waals surface area contributed by atoms with Crippen molar-refractivity contribution >= 4 is 44.6 Å². The predicted octanol–water partition coefficient (Wildman–Crippen LogP) is 15.1. The van der Waals surface area contributed by atoms with Gasteiger partial charge in [0.05, 0.1) is 11.1 Å². The summed E-state index contributed by atoms with van der Waals surface area (Å²) in [4.78, 5) is 2.25. The van der Waals surface area contributed by atoms with Gasteiger partial charge in [-0.25, -0.2) is 0 Å². The number of nitrogens with zero attached hydrogens (tertiary/aromatic N) is 1. The number of anilines is 3. The standard InChI is InChI=1S/C55H35NO3/c1-2-13-36(14-3-1)56(37-28-25-34(26-29-37)35-27-30-41-40-17-7-11-23-48(40)57-51(41)33-35)47-22-12-24-49-53(47)58-50-32-31-46-52(54(50)59-49)42-18-6-10-21-45(42)55(46)43-19-8-4-15-38(43)39-16-5-9-20-44(39)55/h1-9,11-20,22-33H,10,21H2. The number of furan rings is 1. The first kappa shape index (κ1) is 32.5. The summed E-state index contributed by atoms with van der Waals surface area (Å²) in [6, 6.07) is 62.4. The molecule has 0 radical (unpaired) electrons. The Morgan fingerprint density at radius 1 is 0.492 bits per heavy atom. The smallest absolute Gasteiger partial charge is 0.194 e. The molecule has 9 aromatic rings. The van der Waals surface area contributed by atoms with E-state index in [1.54, 1.807) is 0 Å². The van der Waals surface area contributed by atoms with Crippen molar-refractivity contribution in [1.82, 2.24) is 0 Å². The largest absolute Gasteiger partial charge is 0.456 e. The molecule has 3 aliphatic carbocycles. The third-order valence-electron chi connectivity index (χ3n) is 12.8. The van der Waals surface area contributed by atoms with Gasteiger partial charge in [-0.15, -0.1) is 0 Å². The van der Waals surface area contributed by atoms with Gasteiger partial charge in [-0.3, -0.25) is 0 Å². The highest BCUT2D eigenvalue weighted by Crippen LogP contribution is 2.67. The van der Waals surface area contributed by atoms with E-state index in [1.807, 2.05) is 24.3 Å². The molecule has 8 aromatic carbocycles. The lowest BCUT2D eigenvalue weighted by atomic mass is 9.68. The Labute approximate surface area is 341 Å². The summed E-state index contributed by atoms with van der Waals surface area (Å²) in [6.45, 7) is 0. The summed E-state index contributed by atoms with van der Waals surface area (Å²) in [7, 11) is 0. The van der Waals surface area contributed by atoms with E-state index in [9.17, 15) is 0 Å². The van der Waals surface area contributed by atoms with Crippen LogP contribution in [0, 0.1) is 0 Å². The zero-order valence-corrected chi connectivity index (χ0v) is 32.0. The third kappa shape index (κ3) is 4.49. The van der Waals surface area contributed by atoms with E-state index in [4.69, 9.17) is 13.9 Å². The van der Waals surface area contributed by atoms with Crippen LogP contribution in [0.1, 0.15) is 35.1 Å². The molecule has 4 heteroatoms. The van der Waals surface area contributed by atoms with Crippen LogP contribution < -0.4 is 14.4 Å². The predicted molar refractivity (Wildman–Crippen MR) is 237 cm³/mol. The third-order valence-corrected chi connectivity index (χ3v) is 12.8. The minimum atomic E-state index is -0.378. The van der Waals surface area contributed by atoms with E-state index < -0.39 is 0 Å². The number of hydrogen-bond acceptors (Lipinski definition) is 4. The van der Waals surface area contributed by atoms with Crippen LogP contribution >= 0.6 is 0 Å². The SMILES string of the molecule is C1=CC2=C(CC1)C1(c3ccccc3-c3ccccc31)c1ccc3c(c12)Oc1cccc(N(c2ccccc2)c2ccc(-c4ccc5c(c4)oc4ccccc45)cc2)c1O3. The Balaban J connectivity index is 0.921. The van der Waals surface area contributed by atoms with Crippen molar-refractivity contribution < 1.29 is 13.9 Å². The molecule has 0 unspecified atom stereocenters. The Morgan fingerprint density at radius 3 is 2.00 bits per heavy atom. The lowest BCUT2D eigenvalue weighted by Gasteiger charge is -2.34. The highest BCUT2D eigenvalue weighted by molar-refractivity contribution is 6.06. The topological polar surface area (TPSA) is 34.8 Å². The number of allylic oxidation sites excluding steroid dienone is 4. The molecule has 1 aromatic heterocycles. The van der Waals surface area contributed by atoms with Crippen LogP contribution in [0.15, 0.2) is 198 Å². The van der Waals surface area contributed by atoms with Gasteiger partial charge in [0.1, 0.15) is 11.2 Å². The fourth-order valence-electron chi connectivity index (χ4n) is 10.4. The Kier molecular flexibility index (Phi) is 6.74. The van der Waals surface area contributed by atoms with Gasteiger partial charge in [0, 0.05) is 27.7 Å². The fourth-order valence-corrected chi connectivity index (χ4v) is 10.4. The molecule has 4 aliphatic rings. The van der Waals surface area contributed by atoms with Crippen LogP contribution in [0.4, 0.5) is 17.1 Å². The van der Waals surface area contributed by atoms with Gasteiger partial charge in [0.25, 0.3) is 0 Å². The van der Waals surface area contributed by atoms with Crippen LogP contribution in [-0.4, -0.2) is 0 Å². The van der Waals surface area contributed by atoms with Crippen LogP contribution in [0.3, 0.4) is 0 Å². The van der Waals surface area contributed by atoms with Gasteiger partial charge in [-0.1, -0.05) is 127 Å². The summed E-state index contributed by atoms with van der Waals surface area (Å²) in [5.41, 5.74) is 16.9. The molecule has 1 aliphatic heterocycles. The Bertz CT molecular complexity index is 3230. The first-order chi connectivity index (χ1) is 29.3. The maximum Gasteiger partial charge on any atom is 0.194 e.